The molecule has 1 saturated heterocycles. The highest BCUT2D eigenvalue weighted by Gasteiger charge is 2.39. The molecular formula is C19H27NO3. The fraction of sp³-hybridized carbons (Fsp3) is 0.579. The molecule has 1 atom stereocenters. The number of amides is 1. The van der Waals surface area contributed by atoms with Crippen LogP contribution in [0.3, 0.4) is 0 Å². The first-order valence-electron chi connectivity index (χ1n) is 8.31. The fourth-order valence-electron chi connectivity index (χ4n) is 3.24. The van der Waals surface area contributed by atoms with Gasteiger partial charge < -0.3 is 10.0 Å². The van der Waals surface area contributed by atoms with Crippen molar-refractivity contribution in [3.63, 3.8) is 0 Å². The van der Waals surface area contributed by atoms with Crippen LogP contribution in [0.5, 0.6) is 0 Å². The number of nitrogens with zero attached hydrogens (tertiary/aromatic N) is 1. The molecule has 0 aliphatic carbocycles. The Balaban J connectivity index is 1.96. The van der Waals surface area contributed by atoms with Crippen LogP contribution in [-0.2, 0) is 15.0 Å². The van der Waals surface area contributed by atoms with Gasteiger partial charge in [-0.2, -0.15) is 0 Å². The van der Waals surface area contributed by atoms with E-state index in [0.29, 0.717) is 25.9 Å². The molecule has 1 unspecified atom stereocenters. The van der Waals surface area contributed by atoms with Crippen molar-refractivity contribution in [3.05, 3.63) is 35.9 Å². The first-order chi connectivity index (χ1) is 10.7. The number of carboxylic acid groups (broad SMARTS) is 1. The molecule has 126 valence electrons. The summed E-state index contributed by atoms with van der Waals surface area (Å²) in [5.41, 5.74) is 0.355. The Kier molecular flexibility index (Phi) is 5.12. The van der Waals surface area contributed by atoms with Gasteiger partial charge in [0, 0.05) is 19.5 Å². The summed E-state index contributed by atoms with van der Waals surface area (Å²) >= 11 is 0. The van der Waals surface area contributed by atoms with Crippen LogP contribution in [0.15, 0.2) is 30.3 Å². The number of aliphatic carboxylic acids is 1. The highest BCUT2D eigenvalue weighted by molar-refractivity contribution is 5.79. The Bertz CT molecular complexity index is 567. The molecule has 4 nitrogen and oxygen atoms in total. The largest absolute Gasteiger partial charge is 0.481 e. The summed E-state index contributed by atoms with van der Waals surface area (Å²) in [5, 5.41) is 9.37. The van der Waals surface area contributed by atoms with Crippen LogP contribution in [0.4, 0.5) is 0 Å². The number of rotatable bonds is 5. The van der Waals surface area contributed by atoms with Gasteiger partial charge in [0.25, 0.3) is 0 Å². The van der Waals surface area contributed by atoms with Crippen molar-refractivity contribution in [2.75, 3.05) is 13.1 Å². The third kappa shape index (κ3) is 4.12. The Labute approximate surface area is 138 Å². The van der Waals surface area contributed by atoms with Gasteiger partial charge in [-0.1, -0.05) is 44.2 Å². The second-order valence-corrected chi connectivity index (χ2v) is 7.53. The van der Waals surface area contributed by atoms with Crippen molar-refractivity contribution in [1.29, 1.82) is 0 Å². The summed E-state index contributed by atoms with van der Waals surface area (Å²) in [6, 6.07) is 10.2. The second kappa shape index (κ2) is 6.73. The topological polar surface area (TPSA) is 57.6 Å². The smallest absolute Gasteiger partial charge is 0.311 e. The monoisotopic (exact) mass is 317 g/mol. The van der Waals surface area contributed by atoms with Crippen LogP contribution in [0.2, 0.25) is 0 Å². The summed E-state index contributed by atoms with van der Waals surface area (Å²) < 4.78 is 0. The maximum Gasteiger partial charge on any atom is 0.311 e. The normalized spacial score (nSPS) is 22.0. The van der Waals surface area contributed by atoms with Gasteiger partial charge >= 0.3 is 5.97 Å². The number of benzene rings is 1. The molecule has 0 saturated carbocycles. The SMILES string of the molecule is CC1(C(=O)O)CCCN(C(=O)CCC(C)(C)c2ccccc2)C1. The van der Waals surface area contributed by atoms with Gasteiger partial charge in [0.2, 0.25) is 5.91 Å². The zero-order chi connectivity index (χ0) is 17.1. The van der Waals surface area contributed by atoms with Gasteiger partial charge in [0.15, 0.2) is 0 Å². The lowest BCUT2D eigenvalue weighted by atomic mass is 9.79. The molecule has 0 bridgehead atoms. The molecule has 23 heavy (non-hydrogen) atoms. The molecule has 0 spiro atoms. The van der Waals surface area contributed by atoms with Gasteiger partial charge in [0.1, 0.15) is 0 Å². The third-order valence-corrected chi connectivity index (χ3v) is 5.08. The number of carboxylic acids is 1. The highest BCUT2D eigenvalue weighted by Crippen LogP contribution is 2.32. The lowest BCUT2D eigenvalue weighted by Gasteiger charge is -2.38. The van der Waals surface area contributed by atoms with E-state index in [1.807, 2.05) is 18.2 Å². The van der Waals surface area contributed by atoms with Gasteiger partial charge in [0.05, 0.1) is 5.41 Å². The first kappa shape index (κ1) is 17.5. The van der Waals surface area contributed by atoms with E-state index in [1.54, 1.807) is 11.8 Å². The minimum Gasteiger partial charge on any atom is -0.481 e. The molecule has 2 rings (SSSR count). The van der Waals surface area contributed by atoms with E-state index >= 15 is 0 Å². The second-order valence-electron chi connectivity index (χ2n) is 7.53. The molecule has 0 radical (unpaired) electrons. The summed E-state index contributed by atoms with van der Waals surface area (Å²) in [6.45, 7) is 7.03. The van der Waals surface area contributed by atoms with E-state index in [1.165, 1.54) is 5.56 Å². The molecule has 1 N–H and O–H groups in total. The Morgan fingerprint density at radius 3 is 2.52 bits per heavy atom. The zero-order valence-electron chi connectivity index (χ0n) is 14.3. The Hall–Kier alpha value is -1.84. The van der Waals surface area contributed by atoms with E-state index in [2.05, 4.69) is 26.0 Å². The number of hydrogen-bond acceptors (Lipinski definition) is 2. The van der Waals surface area contributed by atoms with E-state index in [0.717, 1.165) is 12.8 Å². The summed E-state index contributed by atoms with van der Waals surface area (Å²) in [5.74, 6) is -0.735. The average Bonchev–Trinajstić information content (AvgIpc) is 2.53. The van der Waals surface area contributed by atoms with Crippen molar-refractivity contribution in [3.8, 4) is 0 Å². The van der Waals surface area contributed by atoms with Crippen LogP contribution < -0.4 is 0 Å². The quantitative estimate of drug-likeness (QED) is 0.905. The Morgan fingerprint density at radius 2 is 1.91 bits per heavy atom. The van der Waals surface area contributed by atoms with Crippen molar-refractivity contribution < 1.29 is 14.7 Å². The van der Waals surface area contributed by atoms with Crippen LogP contribution >= 0.6 is 0 Å². The molecule has 1 aromatic rings. The standard InChI is InChI=1S/C19H27NO3/c1-18(2,15-8-5-4-6-9-15)12-10-16(21)20-13-7-11-19(3,14-20)17(22)23/h4-6,8-9H,7,10-14H2,1-3H3,(H,22,23). The van der Waals surface area contributed by atoms with Gasteiger partial charge in [-0.05, 0) is 37.2 Å². The predicted molar refractivity (Wildman–Crippen MR) is 90.3 cm³/mol. The Morgan fingerprint density at radius 1 is 1.26 bits per heavy atom. The zero-order valence-corrected chi connectivity index (χ0v) is 14.3. The summed E-state index contributed by atoms with van der Waals surface area (Å²) in [6.07, 6.45) is 2.62. The molecular weight excluding hydrogens is 290 g/mol. The molecule has 1 aliphatic heterocycles. The van der Waals surface area contributed by atoms with E-state index in [-0.39, 0.29) is 11.3 Å². The summed E-state index contributed by atoms with van der Waals surface area (Å²) in [7, 11) is 0. The van der Waals surface area contributed by atoms with Crippen molar-refractivity contribution in [2.24, 2.45) is 5.41 Å². The predicted octanol–water partition coefficient (Wildman–Crippen LogP) is 3.46. The first-order valence-corrected chi connectivity index (χ1v) is 8.31. The fourth-order valence-corrected chi connectivity index (χ4v) is 3.24. The molecule has 1 fully saturated rings. The molecule has 1 amide bonds. The van der Waals surface area contributed by atoms with Crippen molar-refractivity contribution in [2.45, 2.75) is 51.9 Å². The van der Waals surface area contributed by atoms with E-state index in [4.69, 9.17) is 0 Å². The maximum absolute atomic E-state index is 12.5. The van der Waals surface area contributed by atoms with Crippen LogP contribution in [0.25, 0.3) is 0 Å². The average molecular weight is 317 g/mol. The number of likely N-dealkylation sites (tertiary alicyclic amines) is 1. The lowest BCUT2D eigenvalue weighted by molar-refractivity contribution is -0.153. The number of piperidine rings is 1. The number of carbonyl (C=O) groups is 2. The number of hydrogen-bond donors (Lipinski definition) is 1. The van der Waals surface area contributed by atoms with Crippen molar-refractivity contribution in [1.82, 2.24) is 4.90 Å². The van der Waals surface area contributed by atoms with Crippen LogP contribution in [0, 0.1) is 5.41 Å². The minimum atomic E-state index is -0.806. The van der Waals surface area contributed by atoms with Crippen LogP contribution in [0.1, 0.15) is 52.0 Å². The summed E-state index contributed by atoms with van der Waals surface area (Å²) in [4.78, 5) is 25.7. The molecule has 4 heteroatoms. The molecule has 1 aromatic carbocycles. The van der Waals surface area contributed by atoms with Gasteiger partial charge in [-0.15, -0.1) is 0 Å². The minimum absolute atomic E-state index is 0.0667. The van der Waals surface area contributed by atoms with E-state index < -0.39 is 11.4 Å². The van der Waals surface area contributed by atoms with Crippen molar-refractivity contribution >= 4 is 11.9 Å². The lowest BCUT2D eigenvalue weighted by Crippen LogP contribution is -2.48. The third-order valence-electron chi connectivity index (χ3n) is 5.08. The highest BCUT2D eigenvalue weighted by atomic mass is 16.4. The molecule has 1 aliphatic rings. The molecule has 1 heterocycles. The van der Waals surface area contributed by atoms with Gasteiger partial charge in [-0.3, -0.25) is 9.59 Å². The van der Waals surface area contributed by atoms with E-state index in [9.17, 15) is 14.7 Å². The van der Waals surface area contributed by atoms with Crippen LogP contribution in [-0.4, -0.2) is 35.0 Å². The maximum atomic E-state index is 12.5. The molecule has 0 aromatic heterocycles. The number of carbonyl (C=O) groups excluding carboxylic acids is 1. The van der Waals surface area contributed by atoms with Gasteiger partial charge in [-0.25, -0.2) is 0 Å².